The summed E-state index contributed by atoms with van der Waals surface area (Å²) in [7, 11) is 0. The molecule has 0 spiro atoms. The van der Waals surface area contributed by atoms with E-state index in [2.05, 4.69) is 10.3 Å². The minimum atomic E-state index is -0.441. The highest BCUT2D eigenvalue weighted by molar-refractivity contribution is 5.92. The highest BCUT2D eigenvalue weighted by atomic mass is 16.3. The van der Waals surface area contributed by atoms with Crippen molar-refractivity contribution in [2.45, 2.75) is 12.6 Å². The number of imidazole rings is 1. The van der Waals surface area contributed by atoms with Gasteiger partial charge in [-0.25, -0.2) is 4.98 Å². The second kappa shape index (κ2) is 6.83. The molecule has 1 aromatic carbocycles. The molecule has 1 atom stereocenters. The van der Waals surface area contributed by atoms with Crippen molar-refractivity contribution in [1.82, 2.24) is 14.9 Å². The molecule has 0 bridgehead atoms. The van der Waals surface area contributed by atoms with E-state index in [1.54, 1.807) is 17.1 Å². The first kappa shape index (κ1) is 14.2. The molecule has 2 aromatic rings. The van der Waals surface area contributed by atoms with Gasteiger partial charge >= 0.3 is 0 Å². The van der Waals surface area contributed by atoms with E-state index in [4.69, 9.17) is 5.73 Å². The van der Waals surface area contributed by atoms with Crippen LogP contribution in [0.4, 0.5) is 0 Å². The van der Waals surface area contributed by atoms with Gasteiger partial charge in [0, 0.05) is 19.3 Å². The molecule has 6 heteroatoms. The third-order valence-electron chi connectivity index (χ3n) is 2.94. The lowest BCUT2D eigenvalue weighted by Gasteiger charge is -2.15. The Morgan fingerprint density at radius 1 is 1.40 bits per heavy atom. The average Bonchev–Trinajstić information content (AvgIpc) is 2.94. The number of benzene rings is 1. The van der Waals surface area contributed by atoms with E-state index in [9.17, 15) is 9.90 Å². The lowest BCUT2D eigenvalue weighted by molar-refractivity contribution is 0.0911. The van der Waals surface area contributed by atoms with E-state index in [-0.39, 0.29) is 12.5 Å². The van der Waals surface area contributed by atoms with E-state index in [0.29, 0.717) is 18.8 Å². The fraction of sp³-hybridized carbons (Fsp3) is 0.286. The number of aliphatic hydroxyl groups excluding tert-OH is 1. The first-order valence-corrected chi connectivity index (χ1v) is 6.43. The van der Waals surface area contributed by atoms with Crippen LogP contribution in [0.2, 0.25) is 0 Å². The molecule has 6 nitrogen and oxygen atoms in total. The maximum Gasteiger partial charge on any atom is 0.272 e. The molecular weight excluding hydrogens is 256 g/mol. The number of nitrogens with two attached hydrogens (primary N) is 1. The Morgan fingerprint density at radius 3 is 2.80 bits per heavy atom. The number of hydrogen-bond acceptors (Lipinski definition) is 4. The third kappa shape index (κ3) is 3.43. The molecule has 0 aliphatic carbocycles. The highest BCUT2D eigenvalue weighted by Crippen LogP contribution is 2.12. The number of amides is 1. The van der Waals surface area contributed by atoms with Gasteiger partial charge in [-0.05, 0) is 5.56 Å². The third-order valence-corrected chi connectivity index (χ3v) is 2.94. The van der Waals surface area contributed by atoms with Gasteiger partial charge in [0.2, 0.25) is 0 Å². The van der Waals surface area contributed by atoms with Crippen molar-refractivity contribution in [3.8, 4) is 0 Å². The van der Waals surface area contributed by atoms with Crippen molar-refractivity contribution in [1.29, 1.82) is 0 Å². The first-order valence-electron chi connectivity index (χ1n) is 6.43. The summed E-state index contributed by atoms with van der Waals surface area (Å²) < 4.78 is 1.76. The summed E-state index contributed by atoms with van der Waals surface area (Å²) in [5, 5.41) is 12.2. The van der Waals surface area contributed by atoms with Gasteiger partial charge in [0.25, 0.3) is 5.91 Å². The monoisotopic (exact) mass is 274 g/mol. The standard InChI is InChI=1S/C14H18N4O2/c15-6-7-18-8-12(16-10-18)14(20)17-13(9-19)11-4-2-1-3-5-11/h1-5,8,10,13,19H,6-7,9,15H2,(H,17,20)/t13-/m0/s1. The normalized spacial score (nSPS) is 12.1. The zero-order valence-electron chi connectivity index (χ0n) is 11.1. The second-order valence-electron chi connectivity index (χ2n) is 4.40. The van der Waals surface area contributed by atoms with Crippen LogP contribution in [0.15, 0.2) is 42.9 Å². The van der Waals surface area contributed by atoms with E-state index >= 15 is 0 Å². The maximum atomic E-state index is 12.1. The van der Waals surface area contributed by atoms with E-state index in [1.807, 2.05) is 30.3 Å². The van der Waals surface area contributed by atoms with E-state index in [0.717, 1.165) is 5.56 Å². The largest absolute Gasteiger partial charge is 0.394 e. The zero-order valence-corrected chi connectivity index (χ0v) is 11.1. The minimum absolute atomic E-state index is 0.167. The molecule has 0 radical (unpaired) electrons. The summed E-state index contributed by atoms with van der Waals surface area (Å²) >= 11 is 0. The molecule has 4 N–H and O–H groups in total. The first-order chi connectivity index (χ1) is 9.74. The number of carbonyl (C=O) groups is 1. The van der Waals surface area contributed by atoms with Crippen LogP contribution in [0.25, 0.3) is 0 Å². The van der Waals surface area contributed by atoms with Gasteiger partial charge in [-0.1, -0.05) is 30.3 Å². The Bertz CT molecular complexity index is 553. The van der Waals surface area contributed by atoms with E-state index < -0.39 is 6.04 Å². The van der Waals surface area contributed by atoms with Crippen LogP contribution in [0.1, 0.15) is 22.1 Å². The van der Waals surface area contributed by atoms with Gasteiger partial charge in [-0.15, -0.1) is 0 Å². The van der Waals surface area contributed by atoms with Crippen molar-refractivity contribution in [2.75, 3.05) is 13.2 Å². The average molecular weight is 274 g/mol. The SMILES string of the molecule is NCCn1cnc(C(=O)N[C@@H](CO)c2ccccc2)c1. The number of hydrogen-bond donors (Lipinski definition) is 3. The number of nitrogens with one attached hydrogen (secondary N) is 1. The molecular formula is C14H18N4O2. The lowest BCUT2D eigenvalue weighted by Crippen LogP contribution is -2.31. The molecule has 1 aromatic heterocycles. The molecule has 0 aliphatic heterocycles. The maximum absolute atomic E-state index is 12.1. The Balaban J connectivity index is 2.05. The van der Waals surface area contributed by atoms with Crippen LogP contribution in [0.5, 0.6) is 0 Å². The van der Waals surface area contributed by atoms with Crippen LogP contribution >= 0.6 is 0 Å². The van der Waals surface area contributed by atoms with Gasteiger partial charge in [0.15, 0.2) is 0 Å². The summed E-state index contributed by atoms with van der Waals surface area (Å²) in [6.07, 6.45) is 3.21. The molecule has 0 saturated carbocycles. The van der Waals surface area contributed by atoms with Gasteiger partial charge in [0.1, 0.15) is 5.69 Å². The van der Waals surface area contributed by atoms with Crippen LogP contribution in [-0.4, -0.2) is 33.7 Å². The van der Waals surface area contributed by atoms with Crippen molar-refractivity contribution >= 4 is 5.91 Å². The summed E-state index contributed by atoms with van der Waals surface area (Å²) in [6, 6.07) is 8.88. The predicted molar refractivity (Wildman–Crippen MR) is 75.0 cm³/mol. The smallest absolute Gasteiger partial charge is 0.272 e. The minimum Gasteiger partial charge on any atom is -0.394 e. The number of carbonyl (C=O) groups excluding carboxylic acids is 1. The molecule has 0 unspecified atom stereocenters. The molecule has 20 heavy (non-hydrogen) atoms. The second-order valence-corrected chi connectivity index (χ2v) is 4.40. The predicted octanol–water partition coefficient (Wildman–Crippen LogP) is 0.305. The summed E-state index contributed by atoms with van der Waals surface area (Å²) in [6.45, 7) is 0.933. The number of aliphatic hydroxyl groups is 1. The van der Waals surface area contributed by atoms with Crippen molar-refractivity contribution in [3.05, 3.63) is 54.1 Å². The van der Waals surface area contributed by atoms with Crippen LogP contribution < -0.4 is 11.1 Å². The topological polar surface area (TPSA) is 93.2 Å². The van der Waals surface area contributed by atoms with Crippen LogP contribution in [-0.2, 0) is 6.54 Å². The quantitative estimate of drug-likeness (QED) is 0.706. The van der Waals surface area contributed by atoms with Crippen molar-refractivity contribution in [3.63, 3.8) is 0 Å². The zero-order chi connectivity index (χ0) is 14.4. The Labute approximate surface area is 117 Å². The fourth-order valence-corrected chi connectivity index (χ4v) is 1.90. The highest BCUT2D eigenvalue weighted by Gasteiger charge is 2.16. The van der Waals surface area contributed by atoms with Gasteiger partial charge < -0.3 is 20.7 Å². The molecule has 1 heterocycles. The number of rotatable bonds is 6. The van der Waals surface area contributed by atoms with E-state index in [1.165, 1.54) is 0 Å². The molecule has 106 valence electrons. The van der Waals surface area contributed by atoms with Gasteiger partial charge in [0.05, 0.1) is 19.0 Å². The van der Waals surface area contributed by atoms with Gasteiger partial charge in [-0.2, -0.15) is 0 Å². The van der Waals surface area contributed by atoms with Crippen molar-refractivity contribution in [2.24, 2.45) is 5.73 Å². The molecule has 1 amide bonds. The summed E-state index contributed by atoms with van der Waals surface area (Å²) in [5.74, 6) is -0.316. The van der Waals surface area contributed by atoms with Crippen LogP contribution in [0, 0.1) is 0 Å². The summed E-state index contributed by atoms with van der Waals surface area (Å²) in [5.41, 5.74) is 6.61. The van der Waals surface area contributed by atoms with Crippen molar-refractivity contribution < 1.29 is 9.90 Å². The Morgan fingerprint density at radius 2 is 2.15 bits per heavy atom. The van der Waals surface area contributed by atoms with Crippen LogP contribution in [0.3, 0.4) is 0 Å². The van der Waals surface area contributed by atoms with Gasteiger partial charge in [-0.3, -0.25) is 4.79 Å². The Hall–Kier alpha value is -2.18. The fourth-order valence-electron chi connectivity index (χ4n) is 1.90. The molecule has 0 saturated heterocycles. The Kier molecular flexibility index (Phi) is 4.86. The molecule has 2 rings (SSSR count). The summed E-state index contributed by atoms with van der Waals surface area (Å²) in [4.78, 5) is 16.1. The number of aromatic nitrogens is 2. The number of nitrogens with zero attached hydrogens (tertiary/aromatic N) is 2. The lowest BCUT2D eigenvalue weighted by atomic mass is 10.1. The molecule has 0 aliphatic rings. The molecule has 0 fully saturated rings.